The molecule has 0 amide bonds. The van der Waals surface area contributed by atoms with Crippen LogP contribution < -0.4 is 10.2 Å². The lowest BCUT2D eigenvalue weighted by Crippen LogP contribution is -2.41. The van der Waals surface area contributed by atoms with Crippen LogP contribution in [0.25, 0.3) is 0 Å². The van der Waals surface area contributed by atoms with E-state index in [0.717, 1.165) is 6.26 Å². The van der Waals surface area contributed by atoms with Crippen molar-refractivity contribution < 1.29 is 32.0 Å². The first-order valence-electron chi connectivity index (χ1n) is 8.69. The summed E-state index contributed by atoms with van der Waals surface area (Å²) in [5.41, 5.74) is -0.427. The van der Waals surface area contributed by atoms with E-state index in [0.29, 0.717) is 5.46 Å². The van der Waals surface area contributed by atoms with Crippen molar-refractivity contribution in [3.05, 3.63) is 17.8 Å². The van der Waals surface area contributed by atoms with E-state index in [-0.39, 0.29) is 30.4 Å². The summed E-state index contributed by atoms with van der Waals surface area (Å²) < 4.78 is 45.0. The van der Waals surface area contributed by atoms with E-state index in [1.54, 1.807) is 13.0 Å². The highest BCUT2D eigenvalue weighted by Crippen LogP contribution is 2.36. The molecular weight excluding hydrogens is 373 g/mol. The molecule has 1 aromatic heterocycles. The number of sulfone groups is 1. The number of rotatable bonds is 7. The van der Waals surface area contributed by atoms with E-state index in [4.69, 9.17) is 18.8 Å². The highest BCUT2D eigenvalue weighted by molar-refractivity contribution is 7.90. The maximum absolute atomic E-state index is 12.3. The van der Waals surface area contributed by atoms with Gasteiger partial charge in [-0.25, -0.2) is 18.2 Å². The summed E-state index contributed by atoms with van der Waals surface area (Å²) in [5.74, 6) is -0.786. The second-order valence-electron chi connectivity index (χ2n) is 7.41. The molecule has 0 spiro atoms. The number of aromatic nitrogens is 1. The molecule has 8 nitrogen and oxygen atoms in total. The highest BCUT2D eigenvalue weighted by atomic mass is 32.2. The number of pyridine rings is 1. The normalized spacial score (nSPS) is 18.4. The Balaban J connectivity index is 2.29. The van der Waals surface area contributed by atoms with Gasteiger partial charge in [0.1, 0.15) is 12.2 Å². The lowest BCUT2D eigenvalue weighted by molar-refractivity contribution is 0.00578. The van der Waals surface area contributed by atoms with E-state index in [1.807, 2.05) is 27.7 Å². The molecule has 1 aromatic rings. The molecule has 10 heteroatoms. The van der Waals surface area contributed by atoms with Crippen molar-refractivity contribution in [2.75, 3.05) is 25.2 Å². The minimum atomic E-state index is -3.19. The van der Waals surface area contributed by atoms with Crippen molar-refractivity contribution in [3.63, 3.8) is 0 Å². The smallest absolute Gasteiger partial charge is 0.476 e. The number of hydrogen-bond donors (Lipinski definition) is 0. The number of esters is 1. The molecule has 0 unspecified atom stereocenters. The van der Waals surface area contributed by atoms with Gasteiger partial charge in [0.2, 0.25) is 5.88 Å². The molecule has 27 heavy (non-hydrogen) atoms. The molecule has 1 aliphatic rings. The third-order valence-corrected chi connectivity index (χ3v) is 5.49. The molecule has 150 valence electrons. The average Bonchev–Trinajstić information content (AvgIpc) is 2.74. The number of nitrogens with zero attached hydrogens (tertiary/aromatic N) is 1. The zero-order chi connectivity index (χ0) is 20.5. The van der Waals surface area contributed by atoms with E-state index < -0.39 is 34.1 Å². The van der Waals surface area contributed by atoms with Crippen molar-refractivity contribution in [2.45, 2.75) is 45.8 Å². The summed E-state index contributed by atoms with van der Waals surface area (Å²) in [4.78, 5) is 16.5. The van der Waals surface area contributed by atoms with Gasteiger partial charge < -0.3 is 18.8 Å². The Labute approximate surface area is 160 Å². The van der Waals surface area contributed by atoms with E-state index in [2.05, 4.69) is 4.98 Å². The molecule has 1 fully saturated rings. The van der Waals surface area contributed by atoms with Crippen LogP contribution in [0.2, 0.25) is 0 Å². The standard InChI is InChI=1S/C17H26BNO7S/c1-7-23-15(20)13-10-12(18-25-16(2,3)17(4,5)26-18)11-19-14(13)24-8-9-27(6,21)22/h10-11H,7-9H2,1-6H3. The van der Waals surface area contributed by atoms with Crippen LogP contribution in [0.15, 0.2) is 12.3 Å². The van der Waals surface area contributed by atoms with E-state index in [9.17, 15) is 13.2 Å². The van der Waals surface area contributed by atoms with Crippen molar-refractivity contribution in [2.24, 2.45) is 0 Å². The Hall–Kier alpha value is -1.65. The Morgan fingerprint density at radius 1 is 1.22 bits per heavy atom. The second-order valence-corrected chi connectivity index (χ2v) is 9.67. The fourth-order valence-electron chi connectivity index (χ4n) is 2.34. The quantitative estimate of drug-likeness (QED) is 0.494. The number of ether oxygens (including phenoxy) is 2. The number of carbonyl (C=O) groups excluding carboxylic acids is 1. The first kappa shape index (κ1) is 21.7. The zero-order valence-corrected chi connectivity index (χ0v) is 17.4. The minimum absolute atomic E-state index is 0.0115. The predicted octanol–water partition coefficient (Wildman–Crippen LogP) is 0.981. The fourth-order valence-corrected chi connectivity index (χ4v) is 2.72. The van der Waals surface area contributed by atoms with Crippen LogP contribution in [0.4, 0.5) is 0 Å². The number of hydrogen-bond acceptors (Lipinski definition) is 8. The summed E-state index contributed by atoms with van der Waals surface area (Å²) in [6.45, 7) is 9.46. The molecule has 1 aliphatic heterocycles. The maximum atomic E-state index is 12.3. The van der Waals surface area contributed by atoms with Gasteiger partial charge in [-0.15, -0.1) is 0 Å². The van der Waals surface area contributed by atoms with Crippen LogP contribution in [-0.4, -0.2) is 62.9 Å². The van der Waals surface area contributed by atoms with Crippen LogP contribution in [0.1, 0.15) is 45.0 Å². The van der Waals surface area contributed by atoms with Crippen LogP contribution in [-0.2, 0) is 23.9 Å². The summed E-state index contributed by atoms with van der Waals surface area (Å²) in [6, 6.07) is 1.54. The van der Waals surface area contributed by atoms with Gasteiger partial charge in [0.15, 0.2) is 9.84 Å². The van der Waals surface area contributed by atoms with Crippen molar-refractivity contribution in [3.8, 4) is 5.88 Å². The van der Waals surface area contributed by atoms with Crippen LogP contribution >= 0.6 is 0 Å². The largest absolute Gasteiger partial charge is 0.496 e. The lowest BCUT2D eigenvalue weighted by Gasteiger charge is -2.32. The molecule has 0 atom stereocenters. The number of carbonyl (C=O) groups is 1. The molecule has 1 saturated heterocycles. The van der Waals surface area contributed by atoms with Gasteiger partial charge in [-0.05, 0) is 40.7 Å². The van der Waals surface area contributed by atoms with Crippen molar-refractivity contribution >= 4 is 28.4 Å². The minimum Gasteiger partial charge on any atom is -0.476 e. The average molecular weight is 399 g/mol. The van der Waals surface area contributed by atoms with Crippen molar-refractivity contribution in [1.29, 1.82) is 0 Å². The summed E-state index contributed by atoms with van der Waals surface area (Å²) in [6.07, 6.45) is 2.60. The molecule has 2 rings (SSSR count). The second kappa shape index (κ2) is 7.77. The van der Waals surface area contributed by atoms with Crippen LogP contribution in [0.5, 0.6) is 5.88 Å². The molecule has 2 heterocycles. The first-order valence-corrected chi connectivity index (χ1v) is 10.8. The van der Waals surface area contributed by atoms with E-state index >= 15 is 0 Å². The Kier molecular flexibility index (Phi) is 6.23. The monoisotopic (exact) mass is 399 g/mol. The highest BCUT2D eigenvalue weighted by Gasteiger charge is 2.52. The van der Waals surface area contributed by atoms with Gasteiger partial charge in [0, 0.05) is 17.9 Å². The zero-order valence-electron chi connectivity index (χ0n) is 16.6. The lowest BCUT2D eigenvalue weighted by atomic mass is 9.79. The van der Waals surface area contributed by atoms with Gasteiger partial charge >= 0.3 is 13.1 Å². The van der Waals surface area contributed by atoms with Gasteiger partial charge in [-0.1, -0.05) is 0 Å². The molecular formula is C17H26BNO7S. The molecule has 0 aromatic carbocycles. The van der Waals surface area contributed by atoms with Crippen LogP contribution in [0.3, 0.4) is 0 Å². The third kappa shape index (κ3) is 5.21. The third-order valence-electron chi connectivity index (χ3n) is 4.59. The summed E-state index contributed by atoms with van der Waals surface area (Å²) in [5, 5.41) is 0. The molecule has 0 bridgehead atoms. The van der Waals surface area contributed by atoms with Gasteiger partial charge in [0.05, 0.1) is 23.6 Å². The SMILES string of the molecule is CCOC(=O)c1cc(B2OC(C)(C)C(C)(C)O2)cnc1OCCS(C)(=O)=O. The first-order chi connectivity index (χ1) is 12.4. The topological polar surface area (TPSA) is 101 Å². The summed E-state index contributed by atoms with van der Waals surface area (Å²) in [7, 11) is -3.89. The summed E-state index contributed by atoms with van der Waals surface area (Å²) >= 11 is 0. The molecule has 0 saturated carbocycles. The fraction of sp³-hybridized carbons (Fsp3) is 0.647. The molecule has 0 N–H and O–H groups in total. The van der Waals surface area contributed by atoms with Gasteiger partial charge in [-0.2, -0.15) is 0 Å². The van der Waals surface area contributed by atoms with E-state index in [1.165, 1.54) is 6.20 Å². The Bertz CT molecular complexity index is 791. The Morgan fingerprint density at radius 3 is 2.33 bits per heavy atom. The van der Waals surface area contributed by atoms with Crippen molar-refractivity contribution in [1.82, 2.24) is 4.98 Å². The maximum Gasteiger partial charge on any atom is 0.496 e. The Morgan fingerprint density at radius 2 is 1.81 bits per heavy atom. The van der Waals surface area contributed by atoms with Gasteiger partial charge in [0.25, 0.3) is 0 Å². The van der Waals surface area contributed by atoms with Gasteiger partial charge in [-0.3, -0.25) is 0 Å². The molecule has 0 aliphatic carbocycles. The van der Waals surface area contributed by atoms with Crippen LogP contribution in [0, 0.1) is 0 Å². The molecule has 0 radical (unpaired) electrons. The predicted molar refractivity (Wildman–Crippen MR) is 101 cm³/mol.